The molecule has 20 heavy (non-hydrogen) atoms. The number of likely N-dealkylation sites (N-methyl/N-ethyl adjacent to an activating group) is 2. The standard InChI is InChI=1S/C13H15N3O3S/c1-14-5-6-15(2)13(17)12-8-9-7-10(16(18)19)3-4-11(9)20-12/h3-4,7-8,14H,5-6H2,1-2H3. The number of nitro benzene ring substituents is 1. The maximum Gasteiger partial charge on any atom is 0.270 e. The second kappa shape index (κ2) is 5.98. The van der Waals surface area contributed by atoms with Crippen LogP contribution in [0, 0.1) is 10.1 Å². The number of amides is 1. The third kappa shape index (κ3) is 2.94. The van der Waals surface area contributed by atoms with Crippen LogP contribution in [-0.4, -0.2) is 42.9 Å². The van der Waals surface area contributed by atoms with Crippen molar-refractivity contribution in [3.63, 3.8) is 0 Å². The molecule has 0 saturated carbocycles. The number of non-ortho nitro benzene ring substituents is 1. The van der Waals surface area contributed by atoms with Crippen LogP contribution in [0.15, 0.2) is 24.3 Å². The molecule has 1 aromatic carbocycles. The summed E-state index contributed by atoms with van der Waals surface area (Å²) in [5.41, 5.74) is 0.0397. The van der Waals surface area contributed by atoms with Gasteiger partial charge in [-0.1, -0.05) is 0 Å². The smallest absolute Gasteiger partial charge is 0.270 e. The summed E-state index contributed by atoms with van der Waals surface area (Å²) < 4.78 is 0.876. The van der Waals surface area contributed by atoms with Gasteiger partial charge in [0.15, 0.2) is 0 Å². The number of carbonyl (C=O) groups is 1. The van der Waals surface area contributed by atoms with Crippen LogP contribution in [0.3, 0.4) is 0 Å². The van der Waals surface area contributed by atoms with Gasteiger partial charge < -0.3 is 10.2 Å². The quantitative estimate of drug-likeness (QED) is 0.676. The molecular formula is C13H15N3O3S. The van der Waals surface area contributed by atoms with Gasteiger partial charge in [-0.25, -0.2) is 0 Å². The van der Waals surface area contributed by atoms with Gasteiger partial charge in [-0.3, -0.25) is 14.9 Å². The molecule has 6 nitrogen and oxygen atoms in total. The van der Waals surface area contributed by atoms with Crippen LogP contribution in [0.1, 0.15) is 9.67 Å². The number of fused-ring (bicyclic) bond motifs is 1. The molecule has 0 aliphatic heterocycles. The molecule has 0 aliphatic carbocycles. The Kier molecular flexibility index (Phi) is 4.31. The number of nitrogens with one attached hydrogen (secondary N) is 1. The van der Waals surface area contributed by atoms with Gasteiger partial charge in [-0.05, 0) is 19.2 Å². The predicted octanol–water partition coefficient (Wildman–Crippen LogP) is 2.10. The highest BCUT2D eigenvalue weighted by Crippen LogP contribution is 2.29. The number of hydrogen-bond donors (Lipinski definition) is 1. The van der Waals surface area contributed by atoms with E-state index in [9.17, 15) is 14.9 Å². The molecule has 0 unspecified atom stereocenters. The van der Waals surface area contributed by atoms with Crippen molar-refractivity contribution in [1.29, 1.82) is 0 Å². The fourth-order valence-corrected chi connectivity index (χ4v) is 2.86. The lowest BCUT2D eigenvalue weighted by Gasteiger charge is -2.15. The molecule has 0 aliphatic rings. The second-order valence-corrected chi connectivity index (χ2v) is 5.50. The average molecular weight is 293 g/mol. The Bertz CT molecular complexity index is 653. The van der Waals surface area contributed by atoms with Crippen LogP contribution in [0.25, 0.3) is 10.1 Å². The minimum atomic E-state index is -0.433. The van der Waals surface area contributed by atoms with Crippen LogP contribution >= 0.6 is 11.3 Å². The van der Waals surface area contributed by atoms with Gasteiger partial charge in [-0.2, -0.15) is 0 Å². The van der Waals surface area contributed by atoms with Crippen molar-refractivity contribution in [2.24, 2.45) is 0 Å². The van der Waals surface area contributed by atoms with Crippen molar-refractivity contribution in [3.05, 3.63) is 39.3 Å². The number of rotatable bonds is 5. The molecule has 7 heteroatoms. The highest BCUT2D eigenvalue weighted by Gasteiger charge is 2.16. The summed E-state index contributed by atoms with van der Waals surface area (Å²) in [6.45, 7) is 1.34. The molecule has 0 bridgehead atoms. The van der Waals surface area contributed by atoms with Gasteiger partial charge in [0.25, 0.3) is 11.6 Å². The first-order valence-electron chi connectivity index (χ1n) is 6.11. The van der Waals surface area contributed by atoms with Gasteiger partial charge >= 0.3 is 0 Å². The molecule has 0 fully saturated rings. The van der Waals surface area contributed by atoms with Crippen molar-refractivity contribution >= 4 is 33.0 Å². The number of thiophene rings is 1. The van der Waals surface area contributed by atoms with E-state index in [2.05, 4.69) is 5.32 Å². The van der Waals surface area contributed by atoms with Gasteiger partial charge in [0.05, 0.1) is 9.80 Å². The van der Waals surface area contributed by atoms with E-state index in [0.717, 1.165) is 16.6 Å². The average Bonchev–Trinajstić information content (AvgIpc) is 2.86. The van der Waals surface area contributed by atoms with E-state index in [1.807, 2.05) is 7.05 Å². The number of carbonyl (C=O) groups excluding carboxylic acids is 1. The van der Waals surface area contributed by atoms with Crippen molar-refractivity contribution in [2.45, 2.75) is 0 Å². The lowest BCUT2D eigenvalue weighted by Crippen LogP contribution is -2.32. The first-order valence-corrected chi connectivity index (χ1v) is 6.92. The zero-order valence-electron chi connectivity index (χ0n) is 11.3. The Balaban J connectivity index is 2.27. The monoisotopic (exact) mass is 293 g/mol. The molecular weight excluding hydrogens is 278 g/mol. The third-order valence-corrected chi connectivity index (χ3v) is 4.07. The largest absolute Gasteiger partial charge is 0.340 e. The Labute approximate surface area is 120 Å². The third-order valence-electron chi connectivity index (χ3n) is 2.97. The molecule has 1 aromatic heterocycles. The fourth-order valence-electron chi connectivity index (χ4n) is 1.82. The molecule has 0 spiro atoms. The van der Waals surface area contributed by atoms with Gasteiger partial charge in [0.2, 0.25) is 0 Å². The summed E-state index contributed by atoms with van der Waals surface area (Å²) in [7, 11) is 3.57. The van der Waals surface area contributed by atoms with Crippen molar-refractivity contribution < 1.29 is 9.72 Å². The molecule has 2 aromatic rings. The van der Waals surface area contributed by atoms with E-state index in [1.54, 1.807) is 24.1 Å². The summed E-state index contributed by atoms with van der Waals surface area (Å²) >= 11 is 1.35. The van der Waals surface area contributed by atoms with Gasteiger partial charge in [0, 0.05) is 42.4 Å². The first-order chi connectivity index (χ1) is 9.52. The highest BCUT2D eigenvalue weighted by atomic mass is 32.1. The summed E-state index contributed by atoms with van der Waals surface area (Å²) in [6.07, 6.45) is 0. The molecule has 1 heterocycles. The topological polar surface area (TPSA) is 75.5 Å². The zero-order valence-corrected chi connectivity index (χ0v) is 12.1. The molecule has 0 atom stereocenters. The lowest BCUT2D eigenvalue weighted by molar-refractivity contribution is -0.384. The highest BCUT2D eigenvalue weighted by molar-refractivity contribution is 7.20. The van der Waals surface area contributed by atoms with E-state index in [4.69, 9.17) is 0 Å². The maximum absolute atomic E-state index is 12.2. The summed E-state index contributed by atoms with van der Waals surface area (Å²) in [6, 6.07) is 6.35. The van der Waals surface area contributed by atoms with E-state index in [-0.39, 0.29) is 11.6 Å². The predicted molar refractivity (Wildman–Crippen MR) is 79.4 cm³/mol. The zero-order chi connectivity index (χ0) is 14.7. The van der Waals surface area contributed by atoms with E-state index < -0.39 is 4.92 Å². The van der Waals surface area contributed by atoms with Crippen LogP contribution in [-0.2, 0) is 0 Å². The Hall–Kier alpha value is -1.99. The number of hydrogen-bond acceptors (Lipinski definition) is 5. The van der Waals surface area contributed by atoms with Crippen LogP contribution in [0.2, 0.25) is 0 Å². The molecule has 106 valence electrons. The number of benzene rings is 1. The molecule has 0 radical (unpaired) electrons. The Morgan fingerprint density at radius 3 is 2.85 bits per heavy atom. The van der Waals surface area contributed by atoms with Crippen LogP contribution in [0.4, 0.5) is 5.69 Å². The number of nitro groups is 1. The Morgan fingerprint density at radius 2 is 2.20 bits per heavy atom. The summed E-state index contributed by atoms with van der Waals surface area (Å²) in [5, 5.41) is 14.5. The van der Waals surface area contributed by atoms with E-state index >= 15 is 0 Å². The summed E-state index contributed by atoms with van der Waals surface area (Å²) in [4.78, 5) is 24.8. The molecule has 1 N–H and O–H groups in total. The van der Waals surface area contributed by atoms with Crippen molar-refractivity contribution in [3.8, 4) is 0 Å². The van der Waals surface area contributed by atoms with E-state index in [0.29, 0.717) is 11.4 Å². The normalized spacial score (nSPS) is 10.7. The Morgan fingerprint density at radius 1 is 1.45 bits per heavy atom. The van der Waals surface area contributed by atoms with Crippen LogP contribution in [0.5, 0.6) is 0 Å². The fraction of sp³-hybridized carbons (Fsp3) is 0.308. The van der Waals surface area contributed by atoms with Gasteiger partial charge in [0.1, 0.15) is 0 Å². The first kappa shape index (κ1) is 14.4. The van der Waals surface area contributed by atoms with E-state index in [1.165, 1.54) is 23.5 Å². The van der Waals surface area contributed by atoms with Crippen LogP contribution < -0.4 is 5.32 Å². The lowest BCUT2D eigenvalue weighted by atomic mass is 10.2. The summed E-state index contributed by atoms with van der Waals surface area (Å²) in [5.74, 6) is -0.0656. The molecule has 0 saturated heterocycles. The minimum absolute atomic E-state index is 0.0397. The van der Waals surface area contributed by atoms with Crippen molar-refractivity contribution in [1.82, 2.24) is 10.2 Å². The maximum atomic E-state index is 12.2. The molecule has 1 amide bonds. The minimum Gasteiger partial charge on any atom is -0.340 e. The van der Waals surface area contributed by atoms with Crippen molar-refractivity contribution in [2.75, 3.05) is 27.2 Å². The number of nitrogens with zero attached hydrogens (tertiary/aromatic N) is 2. The van der Waals surface area contributed by atoms with Gasteiger partial charge in [-0.15, -0.1) is 11.3 Å². The SMILES string of the molecule is CNCCN(C)C(=O)c1cc2cc([N+](=O)[O-])ccc2s1. The second-order valence-electron chi connectivity index (χ2n) is 4.42. The molecule has 2 rings (SSSR count).